The van der Waals surface area contributed by atoms with Gasteiger partial charge in [0.1, 0.15) is 0 Å². The van der Waals surface area contributed by atoms with Crippen LogP contribution >= 0.6 is 11.8 Å². The van der Waals surface area contributed by atoms with Crippen LogP contribution in [0.15, 0.2) is 46.5 Å². The Hall–Kier alpha value is -1.55. The molecule has 2 rings (SSSR count). The van der Waals surface area contributed by atoms with E-state index < -0.39 is 0 Å². The molecule has 3 nitrogen and oxygen atoms in total. The molecule has 0 fully saturated rings. The maximum Gasteiger partial charge on any atom is 0.368 e. The highest BCUT2D eigenvalue weighted by Crippen LogP contribution is 2.19. The van der Waals surface area contributed by atoms with E-state index in [-0.39, 0.29) is 5.97 Å². The third-order valence-electron chi connectivity index (χ3n) is 2.17. The van der Waals surface area contributed by atoms with Crippen molar-refractivity contribution in [2.75, 3.05) is 0 Å². The first-order valence-electron chi connectivity index (χ1n) is 4.89. The van der Waals surface area contributed by atoms with Crippen molar-refractivity contribution in [1.29, 1.82) is 0 Å². The van der Waals surface area contributed by atoms with Crippen LogP contribution in [0.25, 0.3) is 0 Å². The van der Waals surface area contributed by atoms with Crippen molar-refractivity contribution < 1.29 is 9.63 Å². The van der Waals surface area contributed by atoms with Crippen molar-refractivity contribution in [1.82, 2.24) is 0 Å². The zero-order chi connectivity index (χ0) is 11.4. The first-order valence-corrected chi connectivity index (χ1v) is 5.94. The smallest absolute Gasteiger partial charge is 0.312 e. The minimum absolute atomic E-state index is 0.363. The molecule has 1 aromatic carbocycles. The zero-order valence-corrected chi connectivity index (χ0v) is 9.66. The topological polar surface area (TPSA) is 38.7 Å². The summed E-state index contributed by atoms with van der Waals surface area (Å²) >= 11 is 1.57. The van der Waals surface area contributed by atoms with Gasteiger partial charge >= 0.3 is 5.97 Å². The zero-order valence-electron chi connectivity index (χ0n) is 8.84. The van der Waals surface area contributed by atoms with Crippen LogP contribution in [0, 0.1) is 0 Å². The molecule has 0 bridgehead atoms. The Labute approximate surface area is 98.2 Å². The molecule has 0 amide bonds. The molecule has 16 heavy (non-hydrogen) atoms. The third kappa shape index (κ3) is 2.52. The molecule has 1 heterocycles. The van der Waals surface area contributed by atoms with Crippen molar-refractivity contribution in [3.05, 3.63) is 46.9 Å². The fourth-order valence-electron chi connectivity index (χ4n) is 1.28. The maximum absolute atomic E-state index is 11.2. The minimum atomic E-state index is -0.363. The molecular weight excluding hydrogens is 222 g/mol. The Balaban J connectivity index is 1.95. The average molecular weight is 233 g/mol. The molecule has 1 aliphatic heterocycles. The van der Waals surface area contributed by atoms with Gasteiger partial charge in [0, 0.05) is 5.75 Å². The number of rotatable bonds is 3. The fourth-order valence-corrected chi connectivity index (χ4v) is 2.19. The lowest BCUT2D eigenvalue weighted by Gasteiger charge is -1.97. The van der Waals surface area contributed by atoms with Crippen LogP contribution in [0.1, 0.15) is 12.5 Å². The van der Waals surface area contributed by atoms with Gasteiger partial charge in [-0.1, -0.05) is 35.5 Å². The molecule has 0 atom stereocenters. The number of oxime groups is 1. The first kappa shape index (κ1) is 11.0. The van der Waals surface area contributed by atoms with E-state index in [4.69, 9.17) is 0 Å². The highest BCUT2D eigenvalue weighted by molar-refractivity contribution is 8.01. The summed E-state index contributed by atoms with van der Waals surface area (Å²) in [7, 11) is 0. The molecular formula is C12H11NO2S. The second-order valence-corrected chi connectivity index (χ2v) is 4.24. The van der Waals surface area contributed by atoms with Gasteiger partial charge in [-0.25, -0.2) is 4.79 Å². The number of benzene rings is 1. The number of hydrogen-bond donors (Lipinski definition) is 0. The van der Waals surface area contributed by atoms with Crippen LogP contribution in [0.3, 0.4) is 0 Å². The number of carbonyl (C=O) groups is 1. The molecule has 0 saturated carbocycles. The van der Waals surface area contributed by atoms with E-state index in [1.807, 2.05) is 18.2 Å². The van der Waals surface area contributed by atoms with Crippen molar-refractivity contribution >= 4 is 23.4 Å². The van der Waals surface area contributed by atoms with Crippen LogP contribution < -0.4 is 0 Å². The predicted molar refractivity (Wildman–Crippen MR) is 65.0 cm³/mol. The maximum atomic E-state index is 11.2. The summed E-state index contributed by atoms with van der Waals surface area (Å²) in [6, 6.07) is 10.1. The highest BCUT2D eigenvalue weighted by atomic mass is 32.2. The Kier molecular flexibility index (Phi) is 3.41. The van der Waals surface area contributed by atoms with Gasteiger partial charge in [0.15, 0.2) is 0 Å². The van der Waals surface area contributed by atoms with Crippen LogP contribution in [-0.4, -0.2) is 11.7 Å². The van der Waals surface area contributed by atoms with Crippen LogP contribution in [0.4, 0.5) is 0 Å². The molecule has 0 spiro atoms. The summed E-state index contributed by atoms with van der Waals surface area (Å²) in [5, 5.41) is 5.42. The molecule has 0 aromatic heterocycles. The summed E-state index contributed by atoms with van der Waals surface area (Å²) in [6.07, 6.45) is 0. The molecule has 0 unspecified atom stereocenters. The Morgan fingerprint density at radius 3 is 2.75 bits per heavy atom. The summed E-state index contributed by atoms with van der Waals surface area (Å²) < 4.78 is 0. The Morgan fingerprint density at radius 2 is 2.12 bits per heavy atom. The normalized spacial score (nSPS) is 17.4. The minimum Gasteiger partial charge on any atom is -0.312 e. The van der Waals surface area contributed by atoms with Gasteiger partial charge in [0.2, 0.25) is 0 Å². The molecule has 4 heteroatoms. The standard InChI is InChI=1S/C12H11NO2S/c1-9-11(12(14)15-13-9)8-16-7-10-5-3-2-4-6-10/h2-6,8H,7H2,1H3. The molecule has 82 valence electrons. The lowest BCUT2D eigenvalue weighted by Crippen LogP contribution is -2.01. The van der Waals surface area contributed by atoms with Gasteiger partial charge in [-0.05, 0) is 17.9 Å². The largest absolute Gasteiger partial charge is 0.368 e. The average Bonchev–Trinajstić information content (AvgIpc) is 2.62. The van der Waals surface area contributed by atoms with Gasteiger partial charge in [-0.15, -0.1) is 11.8 Å². The first-order chi connectivity index (χ1) is 7.77. The third-order valence-corrected chi connectivity index (χ3v) is 3.07. The van der Waals surface area contributed by atoms with E-state index in [0.29, 0.717) is 11.3 Å². The number of hydrogen-bond acceptors (Lipinski definition) is 4. The van der Waals surface area contributed by atoms with Gasteiger partial charge < -0.3 is 4.84 Å². The van der Waals surface area contributed by atoms with E-state index in [9.17, 15) is 4.79 Å². The number of nitrogens with zero attached hydrogens (tertiary/aromatic N) is 1. The predicted octanol–water partition coefficient (Wildman–Crippen LogP) is 2.74. The van der Waals surface area contributed by atoms with Crippen molar-refractivity contribution in [2.24, 2.45) is 5.16 Å². The lowest BCUT2D eigenvalue weighted by molar-refractivity contribution is -0.136. The SMILES string of the molecule is CC1=NOC(=O)C1=CSCc1ccccc1. The van der Waals surface area contributed by atoms with Gasteiger partial charge in [-0.2, -0.15) is 0 Å². The van der Waals surface area contributed by atoms with E-state index in [1.54, 1.807) is 24.1 Å². The van der Waals surface area contributed by atoms with Crippen LogP contribution in [0.5, 0.6) is 0 Å². The summed E-state index contributed by atoms with van der Waals surface area (Å²) in [6.45, 7) is 1.76. The number of carbonyl (C=O) groups excluding carboxylic acids is 1. The fraction of sp³-hybridized carbons (Fsp3) is 0.167. The summed E-state index contributed by atoms with van der Waals surface area (Å²) in [5.74, 6) is 0.475. The van der Waals surface area contributed by atoms with Crippen LogP contribution in [0.2, 0.25) is 0 Å². The van der Waals surface area contributed by atoms with Crippen molar-refractivity contribution in [3.63, 3.8) is 0 Å². The van der Waals surface area contributed by atoms with E-state index in [0.717, 1.165) is 5.75 Å². The molecule has 1 aliphatic rings. The van der Waals surface area contributed by atoms with Crippen molar-refractivity contribution in [2.45, 2.75) is 12.7 Å². The Bertz CT molecular complexity index is 451. The van der Waals surface area contributed by atoms with E-state index >= 15 is 0 Å². The molecule has 0 N–H and O–H groups in total. The number of thioether (sulfide) groups is 1. The van der Waals surface area contributed by atoms with Gasteiger partial charge in [0.25, 0.3) is 0 Å². The van der Waals surface area contributed by atoms with Gasteiger partial charge in [-0.3, -0.25) is 0 Å². The molecule has 0 saturated heterocycles. The van der Waals surface area contributed by atoms with Crippen LogP contribution in [-0.2, 0) is 15.4 Å². The van der Waals surface area contributed by atoms with E-state index in [1.165, 1.54) is 5.56 Å². The molecule has 1 aromatic rings. The van der Waals surface area contributed by atoms with Crippen molar-refractivity contribution in [3.8, 4) is 0 Å². The second-order valence-electron chi connectivity index (χ2n) is 3.38. The second kappa shape index (κ2) is 4.99. The van der Waals surface area contributed by atoms with Gasteiger partial charge in [0.05, 0.1) is 11.3 Å². The lowest BCUT2D eigenvalue weighted by atomic mass is 10.2. The summed E-state index contributed by atoms with van der Waals surface area (Å²) in [5.41, 5.74) is 2.43. The molecule has 0 radical (unpaired) electrons. The Morgan fingerprint density at radius 1 is 1.38 bits per heavy atom. The highest BCUT2D eigenvalue weighted by Gasteiger charge is 2.21. The van der Waals surface area contributed by atoms with E-state index in [2.05, 4.69) is 22.1 Å². The summed E-state index contributed by atoms with van der Waals surface area (Å²) in [4.78, 5) is 15.8. The monoisotopic (exact) mass is 233 g/mol. The molecule has 0 aliphatic carbocycles. The quantitative estimate of drug-likeness (QED) is 0.595.